The van der Waals surface area contributed by atoms with Gasteiger partial charge >= 0.3 is 0 Å². The molecule has 1 aliphatic rings. The summed E-state index contributed by atoms with van der Waals surface area (Å²) in [5, 5.41) is 0. The summed E-state index contributed by atoms with van der Waals surface area (Å²) in [5.41, 5.74) is 2.36. The summed E-state index contributed by atoms with van der Waals surface area (Å²) >= 11 is 0. The Morgan fingerprint density at radius 3 is 2.19 bits per heavy atom. The molecule has 3 aromatic rings. The molecular formula is C25H21FN2O3. The smallest absolute Gasteiger partial charge is 0.282 e. The van der Waals surface area contributed by atoms with E-state index in [1.54, 1.807) is 36.2 Å². The first kappa shape index (κ1) is 20.3. The van der Waals surface area contributed by atoms with Crippen molar-refractivity contribution in [2.24, 2.45) is 0 Å². The SMILES string of the molecule is COc1ccccc1C1=C(N(C)Cc2ccccc2)C(=O)N(c2ccc(F)cc2)C1=O. The molecule has 1 heterocycles. The molecule has 0 bridgehead atoms. The number of carbonyl (C=O) groups is 2. The molecule has 0 spiro atoms. The third kappa shape index (κ3) is 3.80. The molecule has 0 aliphatic carbocycles. The molecule has 6 heteroatoms. The quantitative estimate of drug-likeness (QED) is 0.564. The maximum Gasteiger partial charge on any atom is 0.282 e. The van der Waals surface area contributed by atoms with Gasteiger partial charge in [-0.15, -0.1) is 0 Å². The highest BCUT2D eigenvalue weighted by Crippen LogP contribution is 2.38. The van der Waals surface area contributed by atoms with E-state index in [0.717, 1.165) is 10.5 Å². The van der Waals surface area contributed by atoms with Crippen LogP contribution in [-0.4, -0.2) is 30.9 Å². The van der Waals surface area contributed by atoms with Gasteiger partial charge in [0.05, 0.1) is 18.4 Å². The number of nitrogens with zero attached hydrogens (tertiary/aromatic N) is 2. The van der Waals surface area contributed by atoms with Crippen LogP contribution in [0, 0.1) is 5.82 Å². The van der Waals surface area contributed by atoms with Crippen LogP contribution < -0.4 is 9.64 Å². The van der Waals surface area contributed by atoms with E-state index in [0.29, 0.717) is 23.5 Å². The van der Waals surface area contributed by atoms with Crippen molar-refractivity contribution in [3.8, 4) is 5.75 Å². The summed E-state index contributed by atoms with van der Waals surface area (Å²) in [6.45, 7) is 0.436. The number of amides is 2. The van der Waals surface area contributed by atoms with Gasteiger partial charge in [0.1, 0.15) is 17.3 Å². The number of rotatable bonds is 6. The lowest BCUT2D eigenvalue weighted by atomic mass is 10.0. The van der Waals surface area contributed by atoms with Crippen molar-refractivity contribution >= 4 is 23.1 Å². The van der Waals surface area contributed by atoms with E-state index in [1.165, 1.54) is 31.4 Å². The molecule has 0 radical (unpaired) electrons. The molecule has 0 atom stereocenters. The highest BCUT2D eigenvalue weighted by molar-refractivity contribution is 6.45. The van der Waals surface area contributed by atoms with Crippen LogP contribution in [0.1, 0.15) is 11.1 Å². The van der Waals surface area contributed by atoms with Crippen molar-refractivity contribution in [1.29, 1.82) is 0 Å². The number of para-hydroxylation sites is 1. The van der Waals surface area contributed by atoms with Gasteiger partial charge < -0.3 is 9.64 Å². The van der Waals surface area contributed by atoms with E-state index in [2.05, 4.69) is 0 Å². The number of benzene rings is 3. The van der Waals surface area contributed by atoms with E-state index in [9.17, 15) is 14.0 Å². The summed E-state index contributed by atoms with van der Waals surface area (Å²) in [6, 6.07) is 22.1. The van der Waals surface area contributed by atoms with Crippen molar-refractivity contribution in [3.05, 3.63) is 102 Å². The average Bonchev–Trinajstić information content (AvgIpc) is 3.05. The summed E-state index contributed by atoms with van der Waals surface area (Å²) in [6.07, 6.45) is 0. The minimum Gasteiger partial charge on any atom is -0.496 e. The van der Waals surface area contributed by atoms with E-state index in [1.807, 2.05) is 30.3 Å². The zero-order valence-corrected chi connectivity index (χ0v) is 17.2. The fourth-order valence-corrected chi connectivity index (χ4v) is 3.73. The number of imide groups is 1. The lowest BCUT2D eigenvalue weighted by molar-refractivity contribution is -0.120. The van der Waals surface area contributed by atoms with Gasteiger partial charge in [0, 0.05) is 19.2 Å². The van der Waals surface area contributed by atoms with Gasteiger partial charge in [-0.2, -0.15) is 0 Å². The van der Waals surface area contributed by atoms with Gasteiger partial charge in [-0.05, 0) is 35.9 Å². The topological polar surface area (TPSA) is 49.9 Å². The molecule has 0 aromatic heterocycles. The Hall–Kier alpha value is -3.93. The van der Waals surface area contributed by atoms with Crippen molar-refractivity contribution in [1.82, 2.24) is 4.90 Å². The first-order valence-electron chi connectivity index (χ1n) is 9.78. The van der Waals surface area contributed by atoms with Gasteiger partial charge in [0.2, 0.25) is 0 Å². The van der Waals surface area contributed by atoms with Crippen molar-refractivity contribution in [2.75, 3.05) is 19.1 Å². The minimum absolute atomic E-state index is 0.255. The van der Waals surface area contributed by atoms with Gasteiger partial charge in [0.15, 0.2) is 0 Å². The van der Waals surface area contributed by atoms with Crippen molar-refractivity contribution < 1.29 is 18.7 Å². The minimum atomic E-state index is -0.476. The number of hydrogen-bond acceptors (Lipinski definition) is 4. The van der Waals surface area contributed by atoms with Crippen LogP contribution in [0.5, 0.6) is 5.75 Å². The van der Waals surface area contributed by atoms with E-state index in [4.69, 9.17) is 4.74 Å². The van der Waals surface area contributed by atoms with E-state index in [-0.39, 0.29) is 11.3 Å². The maximum atomic E-state index is 13.5. The standard InChI is InChI=1S/C25H21FN2O3/c1-27(16-17-8-4-3-5-9-17)23-22(20-10-6-7-11-21(20)31-2)24(29)28(25(23)30)19-14-12-18(26)13-15-19/h3-15H,16H2,1-2H3. The summed E-state index contributed by atoms with van der Waals surface area (Å²) in [4.78, 5) is 29.8. The molecule has 0 fully saturated rings. The molecule has 1 aliphatic heterocycles. The number of halogens is 1. The Kier molecular flexibility index (Phi) is 5.54. The molecular weight excluding hydrogens is 395 g/mol. The summed E-state index contributed by atoms with van der Waals surface area (Å²) < 4.78 is 18.9. The zero-order chi connectivity index (χ0) is 22.0. The van der Waals surface area contributed by atoms with E-state index < -0.39 is 17.6 Å². The third-order valence-corrected chi connectivity index (χ3v) is 5.16. The predicted molar refractivity (Wildman–Crippen MR) is 117 cm³/mol. The molecule has 156 valence electrons. The second kappa shape index (κ2) is 8.44. The Labute approximate surface area is 180 Å². The van der Waals surface area contributed by atoms with Gasteiger partial charge in [-0.3, -0.25) is 9.59 Å². The second-order valence-electron chi connectivity index (χ2n) is 7.19. The van der Waals surface area contributed by atoms with Crippen LogP contribution >= 0.6 is 0 Å². The van der Waals surface area contributed by atoms with Gasteiger partial charge in [-0.25, -0.2) is 9.29 Å². The molecule has 4 rings (SSSR count). The Bertz CT molecular complexity index is 1160. The van der Waals surface area contributed by atoms with Crippen LogP contribution in [0.15, 0.2) is 84.6 Å². The predicted octanol–water partition coefficient (Wildman–Crippen LogP) is 4.25. The number of likely N-dealkylation sites (N-methyl/N-ethyl adjacent to an activating group) is 1. The highest BCUT2D eigenvalue weighted by atomic mass is 19.1. The molecule has 3 aromatic carbocycles. The number of hydrogen-bond donors (Lipinski definition) is 0. The Morgan fingerprint density at radius 1 is 0.871 bits per heavy atom. The number of ether oxygens (including phenoxy) is 1. The average molecular weight is 416 g/mol. The molecule has 0 N–H and O–H groups in total. The zero-order valence-electron chi connectivity index (χ0n) is 17.2. The Morgan fingerprint density at radius 2 is 1.52 bits per heavy atom. The monoisotopic (exact) mass is 416 g/mol. The molecule has 5 nitrogen and oxygen atoms in total. The van der Waals surface area contributed by atoms with E-state index >= 15 is 0 Å². The molecule has 0 unspecified atom stereocenters. The number of anilines is 1. The molecule has 0 saturated carbocycles. The molecule has 2 amide bonds. The fraction of sp³-hybridized carbons (Fsp3) is 0.120. The van der Waals surface area contributed by atoms with Crippen LogP contribution in [0.2, 0.25) is 0 Å². The largest absolute Gasteiger partial charge is 0.496 e. The van der Waals surface area contributed by atoms with Crippen molar-refractivity contribution in [2.45, 2.75) is 6.54 Å². The van der Waals surface area contributed by atoms with Crippen molar-refractivity contribution in [3.63, 3.8) is 0 Å². The van der Waals surface area contributed by atoms with Gasteiger partial charge in [-0.1, -0.05) is 48.5 Å². The molecule has 31 heavy (non-hydrogen) atoms. The van der Waals surface area contributed by atoms with Gasteiger partial charge in [0.25, 0.3) is 11.8 Å². The third-order valence-electron chi connectivity index (χ3n) is 5.16. The van der Waals surface area contributed by atoms with Crippen LogP contribution in [0.4, 0.5) is 10.1 Å². The molecule has 0 saturated heterocycles. The summed E-state index contributed by atoms with van der Waals surface area (Å²) in [7, 11) is 3.29. The maximum absolute atomic E-state index is 13.5. The fourth-order valence-electron chi connectivity index (χ4n) is 3.73. The lowest BCUT2D eigenvalue weighted by Gasteiger charge is -2.22. The lowest BCUT2D eigenvalue weighted by Crippen LogP contribution is -2.34. The Balaban J connectivity index is 1.83. The normalized spacial score (nSPS) is 13.7. The summed E-state index contributed by atoms with van der Waals surface area (Å²) in [5.74, 6) is -0.889. The first-order valence-corrected chi connectivity index (χ1v) is 9.78. The second-order valence-corrected chi connectivity index (χ2v) is 7.19. The van der Waals surface area contributed by atoms with Crippen LogP contribution in [0.25, 0.3) is 5.57 Å². The highest BCUT2D eigenvalue weighted by Gasteiger charge is 2.42. The first-order chi connectivity index (χ1) is 15.0. The van der Waals surface area contributed by atoms with Crippen LogP contribution in [0.3, 0.4) is 0 Å². The van der Waals surface area contributed by atoms with Crippen LogP contribution in [-0.2, 0) is 16.1 Å². The number of carbonyl (C=O) groups excluding carboxylic acids is 2. The number of methoxy groups -OCH3 is 1.